The van der Waals surface area contributed by atoms with Gasteiger partial charge in [-0.2, -0.15) is 0 Å². The summed E-state index contributed by atoms with van der Waals surface area (Å²) in [5.74, 6) is 1.01. The normalized spacial score (nSPS) is 10.3. The fourth-order valence-corrected chi connectivity index (χ4v) is 2.76. The molecule has 2 aromatic heterocycles. The zero-order chi connectivity index (χ0) is 18.4. The van der Waals surface area contributed by atoms with Gasteiger partial charge in [0.2, 0.25) is 0 Å². The van der Waals surface area contributed by atoms with Crippen LogP contribution in [0.25, 0.3) is 0 Å². The lowest BCUT2D eigenvalue weighted by Crippen LogP contribution is -2.12. The zero-order valence-electron chi connectivity index (χ0n) is 13.8. The quantitative estimate of drug-likeness (QED) is 0.504. The highest BCUT2D eigenvalue weighted by molar-refractivity contribution is 7.99. The number of anilines is 1. The second-order valence-corrected chi connectivity index (χ2v) is 6.12. The number of methoxy groups -OCH3 is 1. The predicted molar refractivity (Wildman–Crippen MR) is 96.7 cm³/mol. The van der Waals surface area contributed by atoms with Crippen molar-refractivity contribution in [1.82, 2.24) is 10.2 Å². The summed E-state index contributed by atoms with van der Waals surface area (Å²) in [6.07, 6.45) is 1.42. The first-order chi connectivity index (χ1) is 12.7. The van der Waals surface area contributed by atoms with Crippen LogP contribution >= 0.6 is 11.8 Å². The number of thioether (sulfide) groups is 1. The van der Waals surface area contributed by atoms with Crippen LogP contribution in [0.4, 0.5) is 5.82 Å². The van der Waals surface area contributed by atoms with E-state index in [1.54, 1.807) is 55.6 Å². The van der Waals surface area contributed by atoms with Gasteiger partial charge in [-0.1, -0.05) is 11.8 Å². The number of Topliss-reactive ketones (excluding diaryl/α,β-unsaturated/α-hetero) is 1. The minimum Gasteiger partial charge on any atom is -0.497 e. The lowest BCUT2D eigenvalue weighted by atomic mass is 10.1. The molecule has 3 rings (SSSR count). The molecule has 132 valence electrons. The molecule has 0 saturated heterocycles. The van der Waals surface area contributed by atoms with Crippen LogP contribution in [-0.2, 0) is 0 Å². The van der Waals surface area contributed by atoms with E-state index in [0.717, 1.165) is 0 Å². The van der Waals surface area contributed by atoms with Crippen molar-refractivity contribution >= 4 is 29.3 Å². The van der Waals surface area contributed by atoms with E-state index in [4.69, 9.17) is 9.15 Å². The average Bonchev–Trinajstić information content (AvgIpc) is 3.22. The molecule has 0 atom stereocenters. The third-order valence-corrected chi connectivity index (χ3v) is 4.31. The summed E-state index contributed by atoms with van der Waals surface area (Å²) in [6.45, 7) is 0. The largest absolute Gasteiger partial charge is 0.497 e. The average molecular weight is 369 g/mol. The molecular weight excluding hydrogens is 354 g/mol. The van der Waals surface area contributed by atoms with Gasteiger partial charge >= 0.3 is 0 Å². The lowest BCUT2D eigenvalue weighted by Gasteiger charge is -2.04. The van der Waals surface area contributed by atoms with Gasteiger partial charge < -0.3 is 14.5 Å². The number of aromatic nitrogens is 2. The van der Waals surface area contributed by atoms with Crippen LogP contribution in [0.2, 0.25) is 0 Å². The number of ether oxygens (including phenoxy) is 1. The molecule has 8 heteroatoms. The number of nitrogens with one attached hydrogen (secondary N) is 1. The summed E-state index contributed by atoms with van der Waals surface area (Å²) in [6, 6.07) is 13.4. The van der Waals surface area contributed by atoms with Crippen molar-refractivity contribution in [3.05, 3.63) is 66.1 Å². The van der Waals surface area contributed by atoms with E-state index in [1.165, 1.54) is 18.0 Å². The van der Waals surface area contributed by atoms with E-state index >= 15 is 0 Å². The summed E-state index contributed by atoms with van der Waals surface area (Å²) in [5.41, 5.74) is 0.605. The highest BCUT2D eigenvalue weighted by atomic mass is 32.2. The monoisotopic (exact) mass is 369 g/mol. The maximum atomic E-state index is 12.2. The van der Waals surface area contributed by atoms with Gasteiger partial charge in [-0.05, 0) is 48.5 Å². The molecule has 7 nitrogen and oxygen atoms in total. The number of carbonyl (C=O) groups is 2. The summed E-state index contributed by atoms with van der Waals surface area (Å²) in [7, 11) is 1.58. The van der Waals surface area contributed by atoms with Crippen molar-refractivity contribution in [2.45, 2.75) is 5.03 Å². The number of ketones is 1. The Labute approximate surface area is 153 Å². The molecule has 0 bridgehead atoms. The van der Waals surface area contributed by atoms with Crippen molar-refractivity contribution in [2.24, 2.45) is 0 Å². The van der Waals surface area contributed by atoms with Crippen molar-refractivity contribution in [1.29, 1.82) is 0 Å². The van der Waals surface area contributed by atoms with Crippen LogP contribution in [0.1, 0.15) is 20.9 Å². The number of nitrogens with zero attached hydrogens (tertiary/aromatic N) is 2. The van der Waals surface area contributed by atoms with E-state index in [0.29, 0.717) is 22.2 Å². The van der Waals surface area contributed by atoms with Gasteiger partial charge in [-0.3, -0.25) is 9.59 Å². The SMILES string of the molecule is COc1ccc(C(=O)CSc2ccc(NC(=O)c3ccco3)nn2)cc1. The topological polar surface area (TPSA) is 94.3 Å². The van der Waals surface area contributed by atoms with Crippen LogP contribution in [0, 0.1) is 0 Å². The van der Waals surface area contributed by atoms with Gasteiger partial charge in [0, 0.05) is 5.56 Å². The number of carbonyl (C=O) groups excluding carboxylic acids is 2. The Morgan fingerprint density at radius 2 is 1.92 bits per heavy atom. The molecule has 0 saturated carbocycles. The van der Waals surface area contributed by atoms with E-state index in [2.05, 4.69) is 15.5 Å². The van der Waals surface area contributed by atoms with Gasteiger partial charge in [0.15, 0.2) is 17.4 Å². The smallest absolute Gasteiger partial charge is 0.292 e. The summed E-state index contributed by atoms with van der Waals surface area (Å²) >= 11 is 1.27. The molecule has 1 amide bonds. The van der Waals surface area contributed by atoms with Crippen LogP contribution in [0.5, 0.6) is 5.75 Å². The van der Waals surface area contributed by atoms with E-state index in [9.17, 15) is 9.59 Å². The Hall–Kier alpha value is -3.13. The molecule has 0 radical (unpaired) electrons. The number of rotatable bonds is 7. The maximum Gasteiger partial charge on any atom is 0.292 e. The highest BCUT2D eigenvalue weighted by Gasteiger charge is 2.11. The zero-order valence-corrected chi connectivity index (χ0v) is 14.7. The Kier molecular flexibility index (Phi) is 5.65. The molecule has 0 aliphatic heterocycles. The second kappa shape index (κ2) is 8.30. The van der Waals surface area contributed by atoms with Gasteiger partial charge in [0.25, 0.3) is 5.91 Å². The number of furan rings is 1. The fraction of sp³-hybridized carbons (Fsp3) is 0.111. The highest BCUT2D eigenvalue weighted by Crippen LogP contribution is 2.19. The van der Waals surface area contributed by atoms with E-state index < -0.39 is 5.91 Å². The molecule has 1 N–H and O–H groups in total. The second-order valence-electron chi connectivity index (χ2n) is 5.13. The van der Waals surface area contributed by atoms with Gasteiger partial charge in [0.1, 0.15) is 10.8 Å². The van der Waals surface area contributed by atoms with E-state index in [1.807, 2.05) is 0 Å². The van der Waals surface area contributed by atoms with Crippen LogP contribution < -0.4 is 10.1 Å². The first-order valence-corrected chi connectivity index (χ1v) is 8.63. The summed E-state index contributed by atoms with van der Waals surface area (Å²) in [4.78, 5) is 24.0. The van der Waals surface area contributed by atoms with Crippen molar-refractivity contribution < 1.29 is 18.7 Å². The van der Waals surface area contributed by atoms with Gasteiger partial charge in [-0.15, -0.1) is 10.2 Å². The first-order valence-electron chi connectivity index (χ1n) is 7.64. The van der Waals surface area contributed by atoms with Crippen molar-refractivity contribution in [3.63, 3.8) is 0 Å². The minimum absolute atomic E-state index is 0.0188. The summed E-state index contributed by atoms with van der Waals surface area (Å²) < 4.78 is 10.1. The Morgan fingerprint density at radius 3 is 2.54 bits per heavy atom. The number of hydrogen-bond donors (Lipinski definition) is 1. The minimum atomic E-state index is -0.403. The Bertz CT molecular complexity index is 878. The third kappa shape index (κ3) is 4.48. The fourth-order valence-electron chi connectivity index (χ4n) is 2.05. The predicted octanol–water partition coefficient (Wildman–Crippen LogP) is 3.31. The maximum absolute atomic E-state index is 12.2. The van der Waals surface area contributed by atoms with Gasteiger partial charge in [0.05, 0.1) is 19.1 Å². The van der Waals surface area contributed by atoms with Crippen LogP contribution in [0.15, 0.2) is 64.2 Å². The molecular formula is C18H15N3O4S. The number of hydrogen-bond acceptors (Lipinski definition) is 7. The molecule has 0 aliphatic carbocycles. The van der Waals surface area contributed by atoms with Gasteiger partial charge in [-0.25, -0.2) is 0 Å². The Morgan fingerprint density at radius 1 is 1.12 bits per heavy atom. The molecule has 2 heterocycles. The molecule has 0 fully saturated rings. The van der Waals surface area contributed by atoms with Crippen LogP contribution in [-0.4, -0.2) is 34.8 Å². The van der Waals surface area contributed by atoms with Crippen molar-refractivity contribution in [3.8, 4) is 5.75 Å². The third-order valence-electron chi connectivity index (χ3n) is 3.39. The molecule has 26 heavy (non-hydrogen) atoms. The molecule has 0 unspecified atom stereocenters. The standard InChI is InChI=1S/C18H15N3O4S/c1-24-13-6-4-12(5-7-13)14(22)11-26-17-9-8-16(20-21-17)19-18(23)15-3-2-10-25-15/h2-10H,11H2,1H3,(H,19,20,23). The van der Waals surface area contributed by atoms with Crippen molar-refractivity contribution in [2.75, 3.05) is 18.2 Å². The molecule has 3 aromatic rings. The molecule has 1 aromatic carbocycles. The molecule has 0 aliphatic rings. The summed E-state index contributed by atoms with van der Waals surface area (Å²) in [5, 5.41) is 11.1. The number of amides is 1. The molecule has 0 spiro atoms. The Balaban J connectivity index is 1.53. The number of benzene rings is 1. The lowest BCUT2D eigenvalue weighted by molar-refractivity contribution is 0.0993. The van der Waals surface area contributed by atoms with Crippen LogP contribution in [0.3, 0.4) is 0 Å². The first kappa shape index (κ1) is 17.7. The van der Waals surface area contributed by atoms with E-state index in [-0.39, 0.29) is 17.3 Å².